The van der Waals surface area contributed by atoms with Crippen molar-refractivity contribution in [2.75, 3.05) is 38.0 Å². The molecule has 164 valence electrons. The Hall–Kier alpha value is -1.93. The summed E-state index contributed by atoms with van der Waals surface area (Å²) in [5.74, 6) is 0.201. The number of carbonyl (C=O) groups excluding carboxylic acids is 1. The molecule has 3 aromatic rings. The van der Waals surface area contributed by atoms with Crippen LogP contribution in [0.1, 0.15) is 57.2 Å². The normalized spacial score (nSPS) is 18.6. The molecule has 1 saturated heterocycles. The van der Waals surface area contributed by atoms with Crippen molar-refractivity contribution >= 4 is 33.6 Å². The Morgan fingerprint density at radius 1 is 1.16 bits per heavy atom. The highest BCUT2D eigenvalue weighted by Gasteiger charge is 2.34. The molecule has 1 aliphatic heterocycles. The zero-order valence-corrected chi connectivity index (χ0v) is 19.6. The van der Waals surface area contributed by atoms with Crippen molar-refractivity contribution in [3.63, 3.8) is 0 Å². The molecule has 2 aliphatic rings. The first-order valence-corrected chi connectivity index (χ1v) is 12.9. The summed E-state index contributed by atoms with van der Waals surface area (Å²) in [6.45, 7) is 7.64. The number of piperazine rings is 1. The highest BCUT2D eigenvalue weighted by Crippen LogP contribution is 2.46. The Morgan fingerprint density at radius 3 is 2.71 bits per heavy atom. The molecule has 7 heteroatoms. The van der Waals surface area contributed by atoms with E-state index in [1.165, 1.54) is 33.7 Å². The number of hydrogen-bond acceptors (Lipinski definition) is 6. The van der Waals surface area contributed by atoms with Gasteiger partial charge in [-0.2, -0.15) is 0 Å². The highest BCUT2D eigenvalue weighted by molar-refractivity contribution is 7.16. The lowest BCUT2D eigenvalue weighted by Gasteiger charge is -2.39. The number of amides is 1. The number of nitrogens with one attached hydrogen (secondary N) is 1. The number of thiophene rings is 2. The van der Waals surface area contributed by atoms with Crippen molar-refractivity contribution in [1.29, 1.82) is 0 Å². The third-order valence-corrected chi connectivity index (χ3v) is 8.64. The monoisotopic (exact) mass is 455 g/mol. The molecule has 31 heavy (non-hydrogen) atoms. The molecule has 1 fully saturated rings. The minimum Gasteiger partial charge on any atom is -0.459 e. The van der Waals surface area contributed by atoms with Crippen LogP contribution in [0.15, 0.2) is 40.3 Å². The zero-order valence-electron chi connectivity index (χ0n) is 17.9. The van der Waals surface area contributed by atoms with Gasteiger partial charge in [0.2, 0.25) is 0 Å². The van der Waals surface area contributed by atoms with Crippen LogP contribution in [0.2, 0.25) is 0 Å². The summed E-state index contributed by atoms with van der Waals surface area (Å²) >= 11 is 3.60. The van der Waals surface area contributed by atoms with E-state index in [0.29, 0.717) is 5.76 Å². The fraction of sp³-hybridized carbons (Fsp3) is 0.458. The van der Waals surface area contributed by atoms with Gasteiger partial charge in [-0.3, -0.25) is 9.69 Å². The largest absolute Gasteiger partial charge is 0.459 e. The molecule has 0 radical (unpaired) electrons. The number of hydrogen-bond donors (Lipinski definition) is 1. The Bertz CT molecular complexity index is 1000. The standard InChI is InChI=1S/C24H29N3O2S2/c1-2-26-11-13-27(14-12-26)22(20-10-6-16-30-20)21-17-7-3-4-9-19(17)31-24(21)25-23(28)18-8-5-15-29-18/h5-6,8,10,15-16,22H,2-4,7,9,11-14H2,1H3,(H,25,28). The maximum absolute atomic E-state index is 12.9. The van der Waals surface area contributed by atoms with Crippen LogP contribution in [0.4, 0.5) is 5.00 Å². The topological polar surface area (TPSA) is 48.7 Å². The van der Waals surface area contributed by atoms with Crippen LogP contribution >= 0.6 is 22.7 Å². The van der Waals surface area contributed by atoms with E-state index in [1.54, 1.807) is 29.7 Å². The Morgan fingerprint density at radius 2 is 2.00 bits per heavy atom. The number of nitrogens with zero attached hydrogens (tertiary/aromatic N) is 2. The van der Waals surface area contributed by atoms with Gasteiger partial charge in [0.1, 0.15) is 5.00 Å². The molecular weight excluding hydrogens is 426 g/mol. The van der Waals surface area contributed by atoms with Crippen LogP contribution in [0.5, 0.6) is 0 Å². The van der Waals surface area contributed by atoms with Gasteiger partial charge in [-0.05, 0) is 61.4 Å². The lowest BCUT2D eigenvalue weighted by Crippen LogP contribution is -2.47. The lowest BCUT2D eigenvalue weighted by atomic mass is 9.91. The van der Waals surface area contributed by atoms with Crippen LogP contribution in [0.3, 0.4) is 0 Å². The first-order chi connectivity index (χ1) is 15.2. The van der Waals surface area contributed by atoms with Gasteiger partial charge in [0.15, 0.2) is 5.76 Å². The van der Waals surface area contributed by atoms with E-state index < -0.39 is 0 Å². The maximum atomic E-state index is 12.9. The van der Waals surface area contributed by atoms with Gasteiger partial charge in [-0.1, -0.05) is 13.0 Å². The summed E-state index contributed by atoms with van der Waals surface area (Å²) in [4.78, 5) is 20.8. The first kappa shape index (κ1) is 20.9. The van der Waals surface area contributed by atoms with E-state index in [1.807, 2.05) is 11.3 Å². The van der Waals surface area contributed by atoms with E-state index in [2.05, 4.69) is 39.6 Å². The number of furan rings is 1. The average molecular weight is 456 g/mol. The van der Waals surface area contributed by atoms with Crippen LogP contribution < -0.4 is 5.32 Å². The Balaban J connectivity index is 1.55. The Labute approximate surface area is 191 Å². The minimum atomic E-state index is -0.162. The number of carbonyl (C=O) groups is 1. The molecule has 5 rings (SSSR count). The van der Waals surface area contributed by atoms with Crippen molar-refractivity contribution in [3.05, 3.63) is 62.6 Å². The van der Waals surface area contributed by atoms with E-state index >= 15 is 0 Å². The van der Waals surface area contributed by atoms with Gasteiger partial charge < -0.3 is 14.6 Å². The van der Waals surface area contributed by atoms with Crippen molar-refractivity contribution in [3.8, 4) is 0 Å². The molecule has 1 N–H and O–H groups in total. The van der Waals surface area contributed by atoms with Gasteiger partial charge in [0.25, 0.3) is 5.91 Å². The van der Waals surface area contributed by atoms with Crippen molar-refractivity contribution in [1.82, 2.24) is 9.80 Å². The number of fused-ring (bicyclic) bond motifs is 1. The zero-order chi connectivity index (χ0) is 21.2. The van der Waals surface area contributed by atoms with E-state index in [4.69, 9.17) is 4.42 Å². The second-order valence-corrected chi connectivity index (χ2v) is 10.4. The fourth-order valence-corrected chi connectivity index (χ4v) is 7.02. The molecule has 0 saturated carbocycles. The highest BCUT2D eigenvalue weighted by atomic mass is 32.1. The predicted octanol–water partition coefficient (Wildman–Crippen LogP) is 5.26. The molecule has 0 spiro atoms. The van der Waals surface area contributed by atoms with Gasteiger partial charge in [0, 0.05) is 41.5 Å². The number of aryl methyl sites for hydroxylation is 1. The van der Waals surface area contributed by atoms with E-state index in [0.717, 1.165) is 50.6 Å². The molecule has 1 atom stereocenters. The molecule has 1 aliphatic carbocycles. The molecule has 4 heterocycles. The summed E-state index contributed by atoms with van der Waals surface area (Å²) in [7, 11) is 0. The number of rotatable bonds is 6. The average Bonchev–Trinajstić information content (AvgIpc) is 3.57. The molecule has 5 nitrogen and oxygen atoms in total. The van der Waals surface area contributed by atoms with Gasteiger partial charge in [-0.25, -0.2) is 0 Å². The molecular formula is C24H29N3O2S2. The quantitative estimate of drug-likeness (QED) is 0.551. The van der Waals surface area contributed by atoms with Gasteiger partial charge in [0.05, 0.1) is 12.3 Å². The summed E-state index contributed by atoms with van der Waals surface area (Å²) in [6, 6.07) is 8.09. The second kappa shape index (κ2) is 9.28. The summed E-state index contributed by atoms with van der Waals surface area (Å²) in [6.07, 6.45) is 6.23. The minimum absolute atomic E-state index is 0.162. The third-order valence-electron chi connectivity index (χ3n) is 6.49. The summed E-state index contributed by atoms with van der Waals surface area (Å²) < 4.78 is 5.36. The predicted molar refractivity (Wildman–Crippen MR) is 127 cm³/mol. The van der Waals surface area contributed by atoms with Crippen LogP contribution in [0, 0.1) is 0 Å². The maximum Gasteiger partial charge on any atom is 0.291 e. The lowest BCUT2D eigenvalue weighted by molar-refractivity contribution is 0.0996. The smallest absolute Gasteiger partial charge is 0.291 e. The number of likely N-dealkylation sites (N-methyl/N-ethyl adjacent to an activating group) is 1. The molecule has 1 amide bonds. The SMILES string of the molecule is CCN1CCN(C(c2cccs2)c2c(NC(=O)c3ccco3)sc3c2CCCC3)CC1. The van der Waals surface area contributed by atoms with Gasteiger partial charge >= 0.3 is 0 Å². The summed E-state index contributed by atoms with van der Waals surface area (Å²) in [5, 5.41) is 6.40. The summed E-state index contributed by atoms with van der Waals surface area (Å²) in [5.41, 5.74) is 2.80. The van der Waals surface area contributed by atoms with Crippen LogP contribution in [-0.4, -0.2) is 48.4 Å². The molecule has 3 aromatic heterocycles. The van der Waals surface area contributed by atoms with Crippen LogP contribution in [0.25, 0.3) is 0 Å². The fourth-order valence-electron chi connectivity index (χ4n) is 4.83. The molecule has 1 unspecified atom stereocenters. The molecule has 0 aromatic carbocycles. The number of anilines is 1. The third kappa shape index (κ3) is 4.24. The van der Waals surface area contributed by atoms with Crippen LogP contribution in [-0.2, 0) is 12.8 Å². The Kier molecular flexibility index (Phi) is 6.27. The van der Waals surface area contributed by atoms with E-state index in [9.17, 15) is 4.79 Å². The van der Waals surface area contributed by atoms with Crippen molar-refractivity contribution in [2.45, 2.75) is 38.6 Å². The first-order valence-electron chi connectivity index (χ1n) is 11.2. The van der Waals surface area contributed by atoms with Crippen molar-refractivity contribution in [2.24, 2.45) is 0 Å². The van der Waals surface area contributed by atoms with E-state index in [-0.39, 0.29) is 11.9 Å². The molecule has 0 bridgehead atoms. The van der Waals surface area contributed by atoms with Gasteiger partial charge in [-0.15, -0.1) is 22.7 Å². The second-order valence-electron chi connectivity index (χ2n) is 8.27. The van der Waals surface area contributed by atoms with Crippen molar-refractivity contribution < 1.29 is 9.21 Å².